The van der Waals surface area contributed by atoms with E-state index in [0.29, 0.717) is 30.8 Å². The number of benzene rings is 1. The summed E-state index contributed by atoms with van der Waals surface area (Å²) in [5.41, 5.74) is 1.38. The topological polar surface area (TPSA) is 59.8 Å². The number of hydrogen-bond acceptors (Lipinski definition) is 3. The minimum atomic E-state index is 0.125. The van der Waals surface area contributed by atoms with Gasteiger partial charge in [0, 0.05) is 18.4 Å². The number of amides is 1. The van der Waals surface area contributed by atoms with E-state index in [2.05, 4.69) is 45.7 Å². The van der Waals surface area contributed by atoms with E-state index in [9.17, 15) is 4.79 Å². The van der Waals surface area contributed by atoms with Crippen molar-refractivity contribution < 1.29 is 4.79 Å². The Morgan fingerprint density at radius 1 is 1.17 bits per heavy atom. The van der Waals surface area contributed by atoms with Crippen LogP contribution in [0.4, 0.5) is 0 Å². The van der Waals surface area contributed by atoms with Gasteiger partial charge in [-0.05, 0) is 30.2 Å². The summed E-state index contributed by atoms with van der Waals surface area (Å²) in [6, 6.07) is 11.0. The molecule has 1 aromatic carbocycles. The van der Waals surface area contributed by atoms with Gasteiger partial charge in [-0.25, -0.2) is 4.98 Å². The van der Waals surface area contributed by atoms with Crippen LogP contribution >= 0.6 is 0 Å². The summed E-state index contributed by atoms with van der Waals surface area (Å²) in [6.07, 6.45) is 8.80. The van der Waals surface area contributed by atoms with Crippen LogP contribution < -0.4 is 5.32 Å². The van der Waals surface area contributed by atoms with Crippen LogP contribution in [-0.4, -0.2) is 26.7 Å². The minimum absolute atomic E-state index is 0.125. The van der Waals surface area contributed by atoms with Crippen molar-refractivity contribution in [1.82, 2.24) is 20.1 Å². The lowest BCUT2D eigenvalue weighted by molar-refractivity contribution is -0.125. The molecule has 0 spiro atoms. The van der Waals surface area contributed by atoms with E-state index < -0.39 is 0 Å². The van der Waals surface area contributed by atoms with Crippen molar-refractivity contribution in [2.45, 2.75) is 50.6 Å². The Kier molecular flexibility index (Phi) is 4.32. The molecule has 2 fully saturated rings. The van der Waals surface area contributed by atoms with Gasteiger partial charge >= 0.3 is 0 Å². The van der Waals surface area contributed by atoms with Gasteiger partial charge < -0.3 is 5.32 Å². The van der Waals surface area contributed by atoms with Crippen LogP contribution in [0.15, 0.2) is 43.0 Å². The monoisotopic (exact) mass is 324 g/mol. The van der Waals surface area contributed by atoms with Gasteiger partial charge in [-0.2, -0.15) is 5.10 Å². The molecule has 4 atom stereocenters. The van der Waals surface area contributed by atoms with E-state index in [1.54, 1.807) is 11.0 Å². The SMILES string of the molecule is O=C(CCn1cncn1)N[C@H]1C2CCCCC2[C@@H]1c1ccccc1. The molecule has 4 rings (SSSR count). The molecular weight excluding hydrogens is 300 g/mol. The number of nitrogens with zero attached hydrogens (tertiary/aromatic N) is 3. The first-order valence-electron chi connectivity index (χ1n) is 8.99. The summed E-state index contributed by atoms with van der Waals surface area (Å²) in [6.45, 7) is 0.586. The van der Waals surface area contributed by atoms with E-state index >= 15 is 0 Å². The summed E-state index contributed by atoms with van der Waals surface area (Å²) in [5, 5.41) is 7.38. The van der Waals surface area contributed by atoms with Gasteiger partial charge in [0.2, 0.25) is 5.91 Å². The number of rotatable bonds is 5. The van der Waals surface area contributed by atoms with Gasteiger partial charge in [-0.3, -0.25) is 9.48 Å². The fourth-order valence-corrected chi connectivity index (χ4v) is 4.62. The quantitative estimate of drug-likeness (QED) is 0.920. The highest BCUT2D eigenvalue weighted by atomic mass is 16.1. The molecule has 1 aromatic heterocycles. The molecule has 1 heterocycles. The molecular formula is C19H24N4O. The Labute approximate surface area is 142 Å². The Balaban J connectivity index is 1.42. The fraction of sp³-hybridized carbons (Fsp3) is 0.526. The van der Waals surface area contributed by atoms with Gasteiger partial charge in [0.05, 0.1) is 6.54 Å². The summed E-state index contributed by atoms with van der Waals surface area (Å²) >= 11 is 0. The Hall–Kier alpha value is -2.17. The van der Waals surface area contributed by atoms with Crippen LogP contribution in [-0.2, 0) is 11.3 Å². The first-order chi connectivity index (χ1) is 11.8. The molecule has 2 aliphatic rings. The number of hydrogen-bond donors (Lipinski definition) is 1. The molecule has 126 valence electrons. The Morgan fingerprint density at radius 3 is 2.71 bits per heavy atom. The maximum atomic E-state index is 12.4. The third kappa shape index (κ3) is 2.95. The highest BCUT2D eigenvalue weighted by Gasteiger charge is 2.51. The second-order valence-electron chi connectivity index (χ2n) is 7.05. The van der Waals surface area contributed by atoms with Crippen LogP contribution in [0, 0.1) is 11.8 Å². The van der Waals surface area contributed by atoms with E-state index in [4.69, 9.17) is 0 Å². The van der Waals surface area contributed by atoms with Crippen LogP contribution in [0.25, 0.3) is 0 Å². The molecule has 2 saturated carbocycles. The molecule has 0 radical (unpaired) electrons. The molecule has 24 heavy (non-hydrogen) atoms. The third-order valence-electron chi connectivity index (χ3n) is 5.73. The van der Waals surface area contributed by atoms with Gasteiger partial charge in [0.15, 0.2) is 0 Å². The van der Waals surface area contributed by atoms with Gasteiger partial charge in [0.25, 0.3) is 0 Å². The van der Waals surface area contributed by atoms with E-state index in [-0.39, 0.29) is 5.91 Å². The molecule has 2 aromatic rings. The van der Waals surface area contributed by atoms with Crippen molar-refractivity contribution in [2.75, 3.05) is 0 Å². The highest BCUT2D eigenvalue weighted by Crippen LogP contribution is 2.54. The molecule has 0 aliphatic heterocycles. The van der Waals surface area contributed by atoms with E-state index in [1.807, 2.05) is 0 Å². The summed E-state index contributed by atoms with van der Waals surface area (Å²) < 4.78 is 1.71. The normalized spacial score (nSPS) is 28.7. The zero-order valence-corrected chi connectivity index (χ0v) is 13.8. The predicted molar refractivity (Wildman–Crippen MR) is 91.2 cm³/mol. The maximum Gasteiger partial charge on any atom is 0.222 e. The fourth-order valence-electron chi connectivity index (χ4n) is 4.62. The lowest BCUT2D eigenvalue weighted by atomic mass is 9.53. The molecule has 0 saturated heterocycles. The summed E-state index contributed by atoms with van der Waals surface area (Å²) in [4.78, 5) is 16.3. The standard InChI is InChI=1S/C19H24N4O/c24-17(10-11-23-13-20-12-21-23)22-19-16-9-5-4-8-15(16)18(19)14-6-2-1-3-7-14/h1-3,6-7,12-13,15-16,18-19H,4-5,8-11H2,(H,22,24)/t15?,16?,18-,19-/m0/s1. The number of aromatic nitrogens is 3. The van der Waals surface area contributed by atoms with Crippen LogP contribution in [0.5, 0.6) is 0 Å². The number of fused-ring (bicyclic) bond motifs is 1. The molecule has 2 unspecified atom stereocenters. The number of carbonyl (C=O) groups is 1. The van der Waals surface area contributed by atoms with Crippen molar-refractivity contribution >= 4 is 5.91 Å². The van der Waals surface area contributed by atoms with Crippen molar-refractivity contribution in [2.24, 2.45) is 11.8 Å². The average Bonchev–Trinajstić information content (AvgIpc) is 3.13. The van der Waals surface area contributed by atoms with Gasteiger partial charge in [0.1, 0.15) is 12.7 Å². The second kappa shape index (κ2) is 6.75. The van der Waals surface area contributed by atoms with Crippen LogP contribution in [0.3, 0.4) is 0 Å². The Bertz CT molecular complexity index is 670. The molecule has 2 aliphatic carbocycles. The van der Waals surface area contributed by atoms with Gasteiger partial charge in [-0.15, -0.1) is 0 Å². The van der Waals surface area contributed by atoms with Crippen molar-refractivity contribution in [3.8, 4) is 0 Å². The zero-order chi connectivity index (χ0) is 16.4. The summed E-state index contributed by atoms with van der Waals surface area (Å²) in [5.74, 6) is 1.99. The summed E-state index contributed by atoms with van der Waals surface area (Å²) in [7, 11) is 0. The lowest BCUT2D eigenvalue weighted by Crippen LogP contribution is -2.59. The number of aryl methyl sites for hydroxylation is 1. The molecule has 0 bridgehead atoms. The van der Waals surface area contributed by atoms with E-state index in [0.717, 1.165) is 5.92 Å². The first-order valence-corrected chi connectivity index (χ1v) is 8.99. The third-order valence-corrected chi connectivity index (χ3v) is 5.73. The van der Waals surface area contributed by atoms with E-state index in [1.165, 1.54) is 37.6 Å². The average molecular weight is 324 g/mol. The zero-order valence-electron chi connectivity index (χ0n) is 13.8. The molecule has 1 N–H and O–H groups in total. The first kappa shape index (κ1) is 15.4. The largest absolute Gasteiger partial charge is 0.352 e. The lowest BCUT2D eigenvalue weighted by Gasteiger charge is -2.55. The smallest absolute Gasteiger partial charge is 0.222 e. The second-order valence-corrected chi connectivity index (χ2v) is 7.05. The van der Waals surface area contributed by atoms with Crippen LogP contribution in [0.1, 0.15) is 43.6 Å². The van der Waals surface area contributed by atoms with Crippen molar-refractivity contribution in [1.29, 1.82) is 0 Å². The van der Waals surface area contributed by atoms with Crippen molar-refractivity contribution in [3.05, 3.63) is 48.5 Å². The Morgan fingerprint density at radius 2 is 1.96 bits per heavy atom. The molecule has 5 nitrogen and oxygen atoms in total. The maximum absolute atomic E-state index is 12.4. The predicted octanol–water partition coefficient (Wildman–Crippen LogP) is 2.76. The number of nitrogens with one attached hydrogen (secondary N) is 1. The molecule has 5 heteroatoms. The van der Waals surface area contributed by atoms with Crippen molar-refractivity contribution in [3.63, 3.8) is 0 Å². The van der Waals surface area contributed by atoms with Crippen LogP contribution in [0.2, 0.25) is 0 Å². The minimum Gasteiger partial charge on any atom is -0.352 e. The van der Waals surface area contributed by atoms with Gasteiger partial charge in [-0.1, -0.05) is 43.2 Å². The number of carbonyl (C=O) groups excluding carboxylic acids is 1. The molecule has 1 amide bonds. The highest BCUT2D eigenvalue weighted by molar-refractivity contribution is 5.76.